The quantitative estimate of drug-likeness (QED) is 0.483. The second-order valence-corrected chi connectivity index (χ2v) is 7.02. The van der Waals surface area contributed by atoms with Crippen molar-refractivity contribution in [3.63, 3.8) is 0 Å². The van der Waals surface area contributed by atoms with Crippen LogP contribution in [-0.2, 0) is 0 Å². The lowest BCUT2D eigenvalue weighted by molar-refractivity contribution is -0.384. The maximum absolute atomic E-state index is 10.7. The Morgan fingerprint density at radius 1 is 1.29 bits per heavy atom. The van der Waals surface area contributed by atoms with Gasteiger partial charge < -0.3 is 0 Å². The van der Waals surface area contributed by atoms with Crippen molar-refractivity contribution < 1.29 is 4.92 Å². The second-order valence-electron chi connectivity index (χ2n) is 5.32. The highest BCUT2D eigenvalue weighted by atomic mass is 35.5. The predicted octanol–water partition coefficient (Wildman–Crippen LogP) is 3.65. The molecule has 21 heavy (non-hydrogen) atoms. The van der Waals surface area contributed by atoms with Gasteiger partial charge in [-0.05, 0) is 30.2 Å². The van der Waals surface area contributed by atoms with Crippen LogP contribution in [-0.4, -0.2) is 34.0 Å². The Bertz CT molecular complexity index is 556. The molecular weight excluding hydrogens is 310 g/mol. The summed E-state index contributed by atoms with van der Waals surface area (Å²) in [6.45, 7) is 2.58. The molecule has 0 radical (unpaired) electrons. The van der Waals surface area contributed by atoms with Gasteiger partial charge in [0.1, 0.15) is 0 Å². The summed E-state index contributed by atoms with van der Waals surface area (Å²) in [5.74, 6) is 0.521. The highest BCUT2D eigenvalue weighted by Crippen LogP contribution is 2.40. The van der Waals surface area contributed by atoms with Gasteiger partial charge in [-0.1, -0.05) is 12.1 Å². The van der Waals surface area contributed by atoms with Crippen LogP contribution in [0.2, 0.25) is 0 Å². The summed E-state index contributed by atoms with van der Waals surface area (Å²) in [6.07, 6.45) is 2.12. The average molecular weight is 326 g/mol. The smallest absolute Gasteiger partial charge is 0.269 e. The van der Waals surface area contributed by atoms with Gasteiger partial charge in [-0.2, -0.15) is 0 Å². The molecule has 3 rings (SSSR count). The van der Waals surface area contributed by atoms with Crippen molar-refractivity contribution in [2.24, 2.45) is 10.9 Å². The van der Waals surface area contributed by atoms with Crippen LogP contribution in [0, 0.1) is 16.0 Å². The van der Waals surface area contributed by atoms with Gasteiger partial charge >= 0.3 is 0 Å². The maximum atomic E-state index is 10.7. The third kappa shape index (κ3) is 3.39. The van der Waals surface area contributed by atoms with Gasteiger partial charge in [0, 0.05) is 31.1 Å². The van der Waals surface area contributed by atoms with E-state index in [1.807, 2.05) is 16.6 Å². The van der Waals surface area contributed by atoms with E-state index in [4.69, 9.17) is 11.8 Å². The third-order valence-electron chi connectivity index (χ3n) is 3.94. The fraction of sp³-hybridized carbons (Fsp3) is 0.500. The number of halogens is 1. The Morgan fingerprint density at radius 3 is 2.57 bits per heavy atom. The minimum atomic E-state index is -0.368. The summed E-state index contributed by atoms with van der Waals surface area (Å²) >= 11 is 7.79. The Labute approximate surface area is 132 Å². The molecule has 0 aromatic heterocycles. The minimum Gasteiger partial charge on any atom is -0.281 e. The number of nitrogens with zero attached hydrogens (tertiary/aromatic N) is 3. The number of nitro groups is 1. The van der Waals surface area contributed by atoms with E-state index in [0.717, 1.165) is 38.0 Å². The highest BCUT2D eigenvalue weighted by molar-refractivity contribution is 8.14. The zero-order valence-corrected chi connectivity index (χ0v) is 13.0. The second kappa shape index (κ2) is 6.34. The van der Waals surface area contributed by atoms with E-state index in [1.165, 1.54) is 5.04 Å². The molecule has 0 spiro atoms. The first kappa shape index (κ1) is 14.8. The van der Waals surface area contributed by atoms with Crippen LogP contribution in [0.15, 0.2) is 29.3 Å². The van der Waals surface area contributed by atoms with Crippen molar-refractivity contribution in [3.05, 3.63) is 39.9 Å². The SMILES string of the molecule is O=[N+]([O-])c1ccc(C2CN=C(C3CCN(Cl)CC3)S2)cc1. The first-order chi connectivity index (χ1) is 10.1. The van der Waals surface area contributed by atoms with Gasteiger partial charge in [-0.3, -0.25) is 15.1 Å². The topological polar surface area (TPSA) is 58.7 Å². The van der Waals surface area contributed by atoms with Crippen LogP contribution in [0.3, 0.4) is 0 Å². The van der Waals surface area contributed by atoms with E-state index in [-0.39, 0.29) is 15.9 Å². The molecule has 0 bridgehead atoms. The first-order valence-corrected chi connectivity index (χ1v) is 8.21. The Hall–Kier alpha value is -1.11. The maximum Gasteiger partial charge on any atom is 0.269 e. The number of rotatable bonds is 3. The fourth-order valence-electron chi connectivity index (χ4n) is 2.70. The van der Waals surface area contributed by atoms with Crippen LogP contribution < -0.4 is 0 Å². The number of piperidine rings is 1. The standard InChI is InChI=1S/C14H16ClN3O2S/c15-17-7-5-11(6-8-17)14-16-9-13(21-14)10-1-3-12(4-2-10)18(19)20/h1-4,11,13H,5-9H2. The lowest BCUT2D eigenvalue weighted by Gasteiger charge is -2.26. The van der Waals surface area contributed by atoms with Crippen molar-refractivity contribution in [1.82, 2.24) is 4.42 Å². The van der Waals surface area contributed by atoms with Crippen LogP contribution in [0.25, 0.3) is 0 Å². The Balaban J connectivity index is 1.61. The molecule has 2 aliphatic rings. The van der Waals surface area contributed by atoms with Crippen LogP contribution >= 0.6 is 23.5 Å². The van der Waals surface area contributed by atoms with Crippen LogP contribution in [0.5, 0.6) is 0 Å². The lowest BCUT2D eigenvalue weighted by Crippen LogP contribution is -2.29. The van der Waals surface area contributed by atoms with Crippen LogP contribution in [0.4, 0.5) is 5.69 Å². The molecule has 1 aromatic rings. The van der Waals surface area contributed by atoms with Gasteiger partial charge in [-0.25, -0.2) is 4.42 Å². The Kier molecular flexibility index (Phi) is 4.47. The van der Waals surface area contributed by atoms with Gasteiger partial charge in [0.2, 0.25) is 0 Å². The van der Waals surface area contributed by atoms with Crippen molar-refractivity contribution in [2.45, 2.75) is 18.1 Å². The lowest BCUT2D eigenvalue weighted by atomic mass is 9.99. The molecular formula is C14H16ClN3O2S. The molecule has 0 N–H and O–H groups in total. The summed E-state index contributed by atoms with van der Waals surface area (Å²) in [5, 5.41) is 12.2. The number of nitro benzene ring substituents is 1. The Morgan fingerprint density at radius 2 is 1.95 bits per heavy atom. The summed E-state index contributed by atoms with van der Waals surface area (Å²) in [6, 6.07) is 6.82. The van der Waals surface area contributed by atoms with Crippen molar-refractivity contribution in [3.8, 4) is 0 Å². The van der Waals surface area contributed by atoms with Crippen molar-refractivity contribution >= 4 is 34.3 Å². The molecule has 1 atom stereocenters. The predicted molar refractivity (Wildman–Crippen MR) is 85.9 cm³/mol. The zero-order chi connectivity index (χ0) is 14.8. The zero-order valence-electron chi connectivity index (χ0n) is 11.4. The monoisotopic (exact) mass is 325 g/mol. The third-order valence-corrected chi connectivity index (χ3v) is 5.69. The number of non-ortho nitro benzene ring substituents is 1. The highest BCUT2D eigenvalue weighted by Gasteiger charge is 2.29. The molecule has 1 fully saturated rings. The van der Waals surface area contributed by atoms with E-state index in [0.29, 0.717) is 5.92 Å². The van der Waals surface area contributed by atoms with E-state index in [1.54, 1.807) is 23.9 Å². The molecule has 1 unspecified atom stereocenters. The summed E-state index contributed by atoms with van der Waals surface area (Å²) < 4.78 is 1.84. The average Bonchev–Trinajstić information content (AvgIpc) is 2.98. The first-order valence-electron chi connectivity index (χ1n) is 6.99. The number of aliphatic imine (C=N–C) groups is 1. The molecule has 112 valence electrons. The fourth-order valence-corrected chi connectivity index (χ4v) is 4.20. The molecule has 7 heteroatoms. The van der Waals surface area contributed by atoms with E-state index in [2.05, 4.69) is 4.99 Å². The van der Waals surface area contributed by atoms with Gasteiger partial charge in [0.15, 0.2) is 0 Å². The van der Waals surface area contributed by atoms with Crippen molar-refractivity contribution in [1.29, 1.82) is 0 Å². The number of hydrogen-bond acceptors (Lipinski definition) is 5. The molecule has 5 nitrogen and oxygen atoms in total. The minimum absolute atomic E-state index is 0.136. The van der Waals surface area contributed by atoms with Crippen LogP contribution in [0.1, 0.15) is 23.7 Å². The number of hydrogen-bond donors (Lipinski definition) is 0. The molecule has 0 saturated carbocycles. The molecule has 0 aliphatic carbocycles. The molecule has 1 saturated heterocycles. The van der Waals surface area contributed by atoms with Gasteiger partial charge in [0.05, 0.1) is 21.8 Å². The van der Waals surface area contributed by atoms with Gasteiger partial charge in [0.25, 0.3) is 5.69 Å². The van der Waals surface area contributed by atoms with E-state index in [9.17, 15) is 10.1 Å². The van der Waals surface area contributed by atoms with E-state index >= 15 is 0 Å². The molecule has 2 aliphatic heterocycles. The number of thioether (sulfide) groups is 1. The summed E-state index contributed by atoms with van der Waals surface area (Å²) in [4.78, 5) is 15.0. The largest absolute Gasteiger partial charge is 0.281 e. The molecule has 0 amide bonds. The number of benzene rings is 1. The summed E-state index contributed by atoms with van der Waals surface area (Å²) in [7, 11) is 0. The van der Waals surface area contributed by atoms with Gasteiger partial charge in [-0.15, -0.1) is 11.8 Å². The molecule has 1 aromatic carbocycles. The normalized spacial score (nSPS) is 24.0. The van der Waals surface area contributed by atoms with Crippen molar-refractivity contribution in [2.75, 3.05) is 19.6 Å². The van der Waals surface area contributed by atoms with E-state index < -0.39 is 0 Å². The molecule has 2 heterocycles. The summed E-state index contributed by atoms with van der Waals surface area (Å²) in [5.41, 5.74) is 1.25.